The van der Waals surface area contributed by atoms with Crippen molar-refractivity contribution < 1.29 is 9.59 Å². The van der Waals surface area contributed by atoms with Crippen LogP contribution in [0, 0.1) is 0 Å². The van der Waals surface area contributed by atoms with Crippen molar-refractivity contribution in [3.63, 3.8) is 0 Å². The SMILES string of the molecule is CC(=O)Nc1ccc(C(=O)N(Cc2ccc(Cl)c(Cl)c2)C(C)C)cc1. The number of amides is 2. The quantitative estimate of drug-likeness (QED) is 0.795. The second-order valence-corrected chi connectivity index (χ2v) is 6.85. The third kappa shape index (κ3) is 5.21. The average Bonchev–Trinajstić information content (AvgIpc) is 2.55. The Balaban J connectivity index is 2.19. The summed E-state index contributed by atoms with van der Waals surface area (Å²) in [5.41, 5.74) is 2.12. The number of benzene rings is 2. The average molecular weight is 379 g/mol. The molecule has 2 aromatic rings. The third-order valence-corrected chi connectivity index (χ3v) is 4.41. The van der Waals surface area contributed by atoms with E-state index in [1.807, 2.05) is 19.9 Å². The van der Waals surface area contributed by atoms with Crippen LogP contribution in [0.1, 0.15) is 36.7 Å². The van der Waals surface area contributed by atoms with Crippen LogP contribution in [0.3, 0.4) is 0 Å². The zero-order valence-corrected chi connectivity index (χ0v) is 15.9. The molecule has 0 unspecified atom stereocenters. The van der Waals surface area contributed by atoms with Gasteiger partial charge in [0.15, 0.2) is 0 Å². The first-order chi connectivity index (χ1) is 11.8. The maximum atomic E-state index is 12.9. The highest BCUT2D eigenvalue weighted by atomic mass is 35.5. The predicted molar refractivity (Wildman–Crippen MR) is 102 cm³/mol. The molecule has 0 aliphatic heterocycles. The molecule has 0 saturated carbocycles. The largest absolute Gasteiger partial charge is 0.332 e. The molecule has 0 aromatic heterocycles. The molecule has 6 heteroatoms. The van der Waals surface area contributed by atoms with Crippen molar-refractivity contribution in [1.29, 1.82) is 0 Å². The van der Waals surface area contributed by atoms with Crippen LogP contribution in [-0.4, -0.2) is 22.8 Å². The lowest BCUT2D eigenvalue weighted by Crippen LogP contribution is -2.36. The Labute approximate surface area is 157 Å². The van der Waals surface area contributed by atoms with E-state index in [1.54, 1.807) is 41.3 Å². The molecule has 2 rings (SSSR count). The van der Waals surface area contributed by atoms with Crippen molar-refractivity contribution in [1.82, 2.24) is 4.90 Å². The summed E-state index contributed by atoms with van der Waals surface area (Å²) in [6.07, 6.45) is 0. The number of hydrogen-bond donors (Lipinski definition) is 1. The highest BCUT2D eigenvalue weighted by Crippen LogP contribution is 2.24. The predicted octanol–water partition coefficient (Wildman–Crippen LogP) is 5.00. The first kappa shape index (κ1) is 19.3. The van der Waals surface area contributed by atoms with E-state index < -0.39 is 0 Å². The number of halogens is 2. The van der Waals surface area contributed by atoms with Gasteiger partial charge in [0.05, 0.1) is 10.0 Å². The molecular weight excluding hydrogens is 359 g/mol. The van der Waals surface area contributed by atoms with Gasteiger partial charge in [0.1, 0.15) is 0 Å². The van der Waals surface area contributed by atoms with Gasteiger partial charge in [0.2, 0.25) is 5.91 Å². The fourth-order valence-corrected chi connectivity index (χ4v) is 2.71. The second-order valence-electron chi connectivity index (χ2n) is 6.03. The zero-order chi connectivity index (χ0) is 18.6. The molecule has 0 aliphatic rings. The van der Waals surface area contributed by atoms with Crippen LogP contribution in [0.25, 0.3) is 0 Å². The molecule has 1 N–H and O–H groups in total. The van der Waals surface area contributed by atoms with Crippen molar-refractivity contribution in [3.05, 3.63) is 63.6 Å². The third-order valence-electron chi connectivity index (χ3n) is 3.67. The van der Waals surface area contributed by atoms with Crippen molar-refractivity contribution in [2.24, 2.45) is 0 Å². The number of anilines is 1. The molecule has 0 radical (unpaired) electrons. The fraction of sp³-hybridized carbons (Fsp3) is 0.263. The van der Waals surface area contributed by atoms with Gasteiger partial charge in [0.25, 0.3) is 5.91 Å². The van der Waals surface area contributed by atoms with Gasteiger partial charge < -0.3 is 10.2 Å². The molecule has 0 bridgehead atoms. The van der Waals surface area contributed by atoms with Gasteiger partial charge in [-0.15, -0.1) is 0 Å². The van der Waals surface area contributed by atoms with Crippen LogP contribution in [0.2, 0.25) is 10.0 Å². The lowest BCUT2D eigenvalue weighted by Gasteiger charge is -2.27. The summed E-state index contributed by atoms with van der Waals surface area (Å²) in [7, 11) is 0. The van der Waals surface area contributed by atoms with Gasteiger partial charge in [-0.1, -0.05) is 29.3 Å². The van der Waals surface area contributed by atoms with E-state index in [4.69, 9.17) is 23.2 Å². The van der Waals surface area contributed by atoms with Gasteiger partial charge in [0, 0.05) is 30.8 Å². The van der Waals surface area contributed by atoms with Crippen molar-refractivity contribution in [2.75, 3.05) is 5.32 Å². The molecule has 0 aliphatic carbocycles. The van der Waals surface area contributed by atoms with Crippen molar-refractivity contribution in [2.45, 2.75) is 33.4 Å². The Kier molecular flexibility index (Phi) is 6.45. The number of carbonyl (C=O) groups is 2. The minimum absolute atomic E-state index is 0.0111. The van der Waals surface area contributed by atoms with Crippen LogP contribution in [0.15, 0.2) is 42.5 Å². The summed E-state index contributed by atoms with van der Waals surface area (Å²) < 4.78 is 0. The number of rotatable bonds is 5. The van der Waals surface area contributed by atoms with Gasteiger partial charge in [-0.3, -0.25) is 9.59 Å². The smallest absolute Gasteiger partial charge is 0.254 e. The normalized spacial score (nSPS) is 10.6. The van der Waals surface area contributed by atoms with Gasteiger partial charge in [-0.2, -0.15) is 0 Å². The van der Waals surface area contributed by atoms with E-state index in [-0.39, 0.29) is 17.9 Å². The molecule has 0 spiro atoms. The topological polar surface area (TPSA) is 49.4 Å². The molecule has 25 heavy (non-hydrogen) atoms. The van der Waals surface area contributed by atoms with Crippen molar-refractivity contribution in [3.8, 4) is 0 Å². The zero-order valence-electron chi connectivity index (χ0n) is 14.3. The van der Waals surface area contributed by atoms with E-state index >= 15 is 0 Å². The molecule has 0 heterocycles. The summed E-state index contributed by atoms with van der Waals surface area (Å²) in [5.74, 6) is -0.238. The maximum Gasteiger partial charge on any atom is 0.254 e. The second kappa shape index (κ2) is 8.37. The Morgan fingerprint density at radius 2 is 1.68 bits per heavy atom. The highest BCUT2D eigenvalue weighted by molar-refractivity contribution is 6.42. The van der Waals surface area contributed by atoms with E-state index in [2.05, 4.69) is 5.32 Å². The van der Waals surface area contributed by atoms with Gasteiger partial charge >= 0.3 is 0 Å². The Morgan fingerprint density at radius 3 is 2.20 bits per heavy atom. The molecule has 2 aromatic carbocycles. The first-order valence-corrected chi connectivity index (χ1v) is 8.66. The minimum atomic E-state index is -0.150. The molecule has 4 nitrogen and oxygen atoms in total. The Morgan fingerprint density at radius 1 is 1.04 bits per heavy atom. The Hall–Kier alpha value is -2.04. The first-order valence-electron chi connectivity index (χ1n) is 7.90. The molecular formula is C19H20Cl2N2O2. The number of hydrogen-bond acceptors (Lipinski definition) is 2. The summed E-state index contributed by atoms with van der Waals surface area (Å²) in [4.78, 5) is 25.7. The fourth-order valence-electron chi connectivity index (χ4n) is 2.39. The molecule has 132 valence electrons. The van der Waals surface area contributed by atoms with E-state index in [1.165, 1.54) is 6.92 Å². The standard InChI is InChI=1S/C19H20Cl2N2O2/c1-12(2)23(11-14-4-9-17(20)18(21)10-14)19(25)15-5-7-16(8-6-15)22-13(3)24/h4-10,12H,11H2,1-3H3,(H,22,24). The van der Waals surface area contributed by atoms with Crippen LogP contribution in [0.4, 0.5) is 5.69 Å². The molecule has 0 saturated heterocycles. The maximum absolute atomic E-state index is 12.9. The highest BCUT2D eigenvalue weighted by Gasteiger charge is 2.19. The van der Waals surface area contributed by atoms with Gasteiger partial charge in [-0.05, 0) is 55.8 Å². The Bertz CT molecular complexity index is 773. The molecule has 2 amide bonds. The number of carbonyl (C=O) groups excluding carboxylic acids is 2. The lowest BCUT2D eigenvalue weighted by atomic mass is 10.1. The van der Waals surface area contributed by atoms with Gasteiger partial charge in [-0.25, -0.2) is 0 Å². The van der Waals surface area contributed by atoms with E-state index in [0.29, 0.717) is 27.8 Å². The monoisotopic (exact) mass is 378 g/mol. The summed E-state index contributed by atoms with van der Waals surface area (Å²) in [6, 6.07) is 12.2. The van der Waals surface area contributed by atoms with Crippen LogP contribution in [-0.2, 0) is 11.3 Å². The summed E-state index contributed by atoms with van der Waals surface area (Å²) >= 11 is 12.0. The summed E-state index contributed by atoms with van der Waals surface area (Å²) in [5, 5.41) is 3.64. The number of nitrogens with zero attached hydrogens (tertiary/aromatic N) is 1. The number of nitrogens with one attached hydrogen (secondary N) is 1. The molecule has 0 atom stereocenters. The van der Waals surface area contributed by atoms with Crippen LogP contribution in [0.5, 0.6) is 0 Å². The van der Waals surface area contributed by atoms with Crippen LogP contribution < -0.4 is 5.32 Å². The van der Waals surface area contributed by atoms with E-state index in [0.717, 1.165) is 5.56 Å². The minimum Gasteiger partial charge on any atom is -0.332 e. The summed E-state index contributed by atoms with van der Waals surface area (Å²) in [6.45, 7) is 5.79. The van der Waals surface area contributed by atoms with Crippen LogP contribution >= 0.6 is 23.2 Å². The van der Waals surface area contributed by atoms with E-state index in [9.17, 15) is 9.59 Å². The molecule has 0 fully saturated rings. The lowest BCUT2D eigenvalue weighted by molar-refractivity contribution is -0.114. The van der Waals surface area contributed by atoms with Crippen molar-refractivity contribution >= 4 is 40.7 Å².